The maximum absolute atomic E-state index is 13.1. The van der Waals surface area contributed by atoms with Gasteiger partial charge in [0.15, 0.2) is 12.2 Å². The average molecular weight is 1420 g/mol. The summed E-state index contributed by atoms with van der Waals surface area (Å²) in [7, 11) is -9.93. The number of carbonyl (C=O) groups excluding carboxylic acids is 4. The smallest absolute Gasteiger partial charge is 0.462 e. The number of phosphoric ester groups is 2. The lowest BCUT2D eigenvalue weighted by Crippen LogP contribution is -2.30. The Bertz CT molecular complexity index is 1950. The van der Waals surface area contributed by atoms with Crippen molar-refractivity contribution in [2.24, 2.45) is 5.92 Å². The van der Waals surface area contributed by atoms with Gasteiger partial charge in [-0.3, -0.25) is 37.3 Å². The molecule has 17 nitrogen and oxygen atoms in total. The third kappa shape index (κ3) is 70.4. The zero-order valence-electron chi connectivity index (χ0n) is 62.7. The van der Waals surface area contributed by atoms with Crippen molar-refractivity contribution in [3.05, 3.63) is 24.3 Å². The fourth-order valence-electron chi connectivity index (χ4n) is 11.5. The van der Waals surface area contributed by atoms with Crippen LogP contribution in [-0.2, 0) is 65.4 Å². The average Bonchev–Trinajstić information content (AvgIpc) is 3.37. The van der Waals surface area contributed by atoms with Gasteiger partial charge >= 0.3 is 39.5 Å². The first-order valence-corrected chi connectivity index (χ1v) is 43.0. The lowest BCUT2D eigenvalue weighted by Gasteiger charge is -2.21. The minimum absolute atomic E-state index is 0.0845. The van der Waals surface area contributed by atoms with Crippen LogP contribution in [-0.4, -0.2) is 96.7 Å². The number of rotatable bonds is 76. The Hall–Kier alpha value is -2.46. The van der Waals surface area contributed by atoms with Crippen LogP contribution in [0.25, 0.3) is 0 Å². The van der Waals surface area contributed by atoms with Crippen molar-refractivity contribution in [2.75, 3.05) is 39.6 Å². The predicted molar refractivity (Wildman–Crippen MR) is 395 cm³/mol. The lowest BCUT2D eigenvalue weighted by atomic mass is 10.00. The van der Waals surface area contributed by atoms with E-state index < -0.39 is 97.5 Å². The number of ether oxygens (including phenoxy) is 4. The molecule has 0 aromatic rings. The zero-order chi connectivity index (χ0) is 71.2. The second kappa shape index (κ2) is 70.6. The molecule has 0 spiro atoms. The van der Waals surface area contributed by atoms with Crippen LogP contribution in [0.15, 0.2) is 24.3 Å². The van der Waals surface area contributed by atoms with Crippen molar-refractivity contribution in [1.29, 1.82) is 0 Å². The Kier molecular flexibility index (Phi) is 68.8. The first kappa shape index (κ1) is 94.5. The predicted octanol–water partition coefficient (Wildman–Crippen LogP) is 22.8. The van der Waals surface area contributed by atoms with Crippen LogP contribution in [0, 0.1) is 5.92 Å². The molecule has 3 unspecified atom stereocenters. The van der Waals surface area contributed by atoms with Crippen LogP contribution in [0.5, 0.6) is 0 Å². The quantitative estimate of drug-likeness (QED) is 0.0169. The highest BCUT2D eigenvalue weighted by Gasteiger charge is 2.30. The SMILES string of the molecule is CCCCCC/C=C\C=C/CCCCCCCC(=O)O[C@H](COC(=O)CCCCCCCCC(C)CC)COP(=O)(O)OC[C@H](O)COP(=O)(O)OC[C@@H](COC(=O)CCCCCCCCCCCCCCCCCC)OC(=O)CCCCCCCCCCCCCCCCCC. The van der Waals surface area contributed by atoms with Gasteiger partial charge in [0.2, 0.25) is 0 Å². The van der Waals surface area contributed by atoms with Crippen molar-refractivity contribution in [3.63, 3.8) is 0 Å². The Morgan fingerprint density at radius 2 is 0.577 bits per heavy atom. The molecule has 572 valence electrons. The van der Waals surface area contributed by atoms with Crippen LogP contribution in [0.4, 0.5) is 0 Å². The molecule has 0 saturated carbocycles. The zero-order valence-corrected chi connectivity index (χ0v) is 64.5. The molecule has 0 aromatic heterocycles. The largest absolute Gasteiger partial charge is 0.472 e. The lowest BCUT2D eigenvalue weighted by molar-refractivity contribution is -0.161. The maximum Gasteiger partial charge on any atom is 0.472 e. The molecule has 0 radical (unpaired) electrons. The van der Waals surface area contributed by atoms with Gasteiger partial charge in [-0.2, -0.15) is 0 Å². The third-order valence-electron chi connectivity index (χ3n) is 18.0. The molecule has 0 aliphatic carbocycles. The van der Waals surface area contributed by atoms with Crippen molar-refractivity contribution >= 4 is 39.5 Å². The van der Waals surface area contributed by atoms with E-state index >= 15 is 0 Å². The summed E-state index contributed by atoms with van der Waals surface area (Å²) in [6, 6.07) is 0. The highest BCUT2D eigenvalue weighted by atomic mass is 31.2. The molecule has 3 N–H and O–H groups in total. The van der Waals surface area contributed by atoms with E-state index in [1.165, 1.54) is 193 Å². The number of allylic oxidation sites excluding steroid dienone is 4. The maximum atomic E-state index is 13.1. The van der Waals surface area contributed by atoms with Crippen LogP contribution >= 0.6 is 15.6 Å². The minimum atomic E-state index is -4.96. The number of carbonyl (C=O) groups is 4. The van der Waals surface area contributed by atoms with Gasteiger partial charge in [-0.05, 0) is 57.3 Å². The Morgan fingerprint density at radius 3 is 0.876 bits per heavy atom. The summed E-state index contributed by atoms with van der Waals surface area (Å²) in [6.07, 6.45) is 63.2. The monoisotopic (exact) mass is 1420 g/mol. The fourth-order valence-corrected chi connectivity index (χ4v) is 13.1. The highest BCUT2D eigenvalue weighted by Crippen LogP contribution is 2.45. The van der Waals surface area contributed by atoms with Crippen LogP contribution in [0.3, 0.4) is 0 Å². The highest BCUT2D eigenvalue weighted by molar-refractivity contribution is 7.47. The summed E-state index contributed by atoms with van der Waals surface area (Å²) in [5.41, 5.74) is 0. The molecule has 0 fully saturated rings. The summed E-state index contributed by atoms with van der Waals surface area (Å²) in [6.45, 7) is 7.20. The summed E-state index contributed by atoms with van der Waals surface area (Å²) in [5, 5.41) is 10.6. The van der Waals surface area contributed by atoms with Gasteiger partial charge in [0.05, 0.1) is 26.4 Å². The fraction of sp³-hybridized carbons (Fsp3) is 0.897. The van der Waals surface area contributed by atoms with Gasteiger partial charge in [-0.15, -0.1) is 0 Å². The molecule has 0 bridgehead atoms. The van der Waals surface area contributed by atoms with Crippen molar-refractivity contribution < 1.29 is 80.2 Å². The van der Waals surface area contributed by atoms with E-state index in [0.29, 0.717) is 25.7 Å². The number of aliphatic hydroxyl groups excluding tert-OH is 1. The minimum Gasteiger partial charge on any atom is -0.462 e. The number of aliphatic hydroxyl groups is 1. The molecule has 0 heterocycles. The second-order valence-corrected chi connectivity index (χ2v) is 30.6. The van der Waals surface area contributed by atoms with Crippen LogP contribution in [0.1, 0.15) is 388 Å². The van der Waals surface area contributed by atoms with Gasteiger partial charge in [-0.1, -0.05) is 335 Å². The first-order chi connectivity index (χ1) is 47.1. The van der Waals surface area contributed by atoms with Crippen LogP contribution in [0.2, 0.25) is 0 Å². The summed E-state index contributed by atoms with van der Waals surface area (Å²) in [4.78, 5) is 72.9. The third-order valence-corrected chi connectivity index (χ3v) is 19.9. The van der Waals surface area contributed by atoms with E-state index in [0.717, 1.165) is 115 Å². The first-order valence-electron chi connectivity index (χ1n) is 40.0. The number of phosphoric acid groups is 2. The molecular formula is C78H148O17P2. The van der Waals surface area contributed by atoms with Gasteiger partial charge in [-0.25, -0.2) is 9.13 Å². The molecule has 0 aliphatic heterocycles. The number of hydrogen-bond acceptors (Lipinski definition) is 15. The molecule has 0 aliphatic rings. The summed E-state index contributed by atoms with van der Waals surface area (Å²) >= 11 is 0. The normalized spacial score (nSPS) is 14.4. The number of hydrogen-bond donors (Lipinski definition) is 3. The van der Waals surface area contributed by atoms with Crippen molar-refractivity contribution in [3.8, 4) is 0 Å². The van der Waals surface area contributed by atoms with Crippen molar-refractivity contribution in [1.82, 2.24) is 0 Å². The van der Waals surface area contributed by atoms with Crippen molar-refractivity contribution in [2.45, 2.75) is 406 Å². The Labute approximate surface area is 592 Å². The number of unbranched alkanes of at least 4 members (excludes halogenated alkanes) is 44. The molecule has 0 amide bonds. The van der Waals surface area contributed by atoms with E-state index in [1.54, 1.807) is 0 Å². The van der Waals surface area contributed by atoms with E-state index in [-0.39, 0.29) is 25.7 Å². The van der Waals surface area contributed by atoms with E-state index in [2.05, 4.69) is 58.9 Å². The van der Waals surface area contributed by atoms with Gasteiger partial charge in [0, 0.05) is 25.7 Å². The van der Waals surface area contributed by atoms with Gasteiger partial charge in [0.1, 0.15) is 19.3 Å². The summed E-state index contributed by atoms with van der Waals surface area (Å²) in [5.74, 6) is -1.41. The Morgan fingerprint density at radius 1 is 0.330 bits per heavy atom. The Balaban J connectivity index is 5.28. The molecule has 0 rings (SSSR count). The standard InChI is InChI=1S/C78H148O17P2/c1-6-10-13-16-19-22-25-28-31-34-36-39-42-45-51-56-61-75(80)88-67-73(94-77(82)63-59-54-47-44-41-38-35-32-29-26-23-20-17-14-11-7-2)69-92-96(84,85)90-65-72(79)66-91-97(86,87)93-70-74(68-89-76(81)62-57-52-49-48-50-55-60-71(5)9-4)95-78(83)64-58-53-46-43-40-37-33-30-27-24-21-18-15-12-8-3/h24,27,30,33,71-74,79H,6-23,25-26,28-29,31-32,34-70H2,1-5H3,(H,84,85)(H,86,87)/b27-24-,33-30-/t71?,72-,73-,74-/m1/s1. The van der Waals surface area contributed by atoms with Crippen LogP contribution < -0.4 is 0 Å². The molecule has 6 atom stereocenters. The molecular weight excluding hydrogens is 1270 g/mol. The van der Waals surface area contributed by atoms with Gasteiger partial charge < -0.3 is 33.8 Å². The number of esters is 4. The van der Waals surface area contributed by atoms with E-state index in [1.807, 2.05) is 0 Å². The van der Waals surface area contributed by atoms with E-state index in [4.69, 9.17) is 37.0 Å². The summed E-state index contributed by atoms with van der Waals surface area (Å²) < 4.78 is 68.6. The second-order valence-electron chi connectivity index (χ2n) is 27.7. The molecule has 97 heavy (non-hydrogen) atoms. The molecule has 0 aromatic carbocycles. The molecule has 0 saturated heterocycles. The topological polar surface area (TPSA) is 237 Å². The van der Waals surface area contributed by atoms with E-state index in [9.17, 15) is 43.2 Å². The molecule has 19 heteroatoms. The van der Waals surface area contributed by atoms with Gasteiger partial charge in [0.25, 0.3) is 0 Å².